The van der Waals surface area contributed by atoms with Crippen molar-refractivity contribution >= 4 is 8.80 Å². The Labute approximate surface area is 106 Å². The number of rotatable bonds is 6. The number of benzene rings is 1. The van der Waals surface area contributed by atoms with E-state index < -0.39 is 8.80 Å². The maximum atomic E-state index is 5.84. The van der Waals surface area contributed by atoms with Crippen molar-refractivity contribution in [2.75, 3.05) is 0 Å². The number of hydrogen-bond acceptors (Lipinski definition) is 1. The maximum Gasteiger partial charge on any atom is 0.126 e. The molecular weight excluding hydrogens is 224 g/mol. The van der Waals surface area contributed by atoms with Gasteiger partial charge < -0.3 is 4.74 Å². The van der Waals surface area contributed by atoms with Crippen LogP contribution in [0.4, 0.5) is 0 Å². The summed E-state index contributed by atoms with van der Waals surface area (Å²) < 4.78 is 5.84. The Hall–Kier alpha value is -1.28. The molecule has 0 aliphatic carbocycles. The third-order valence-corrected chi connectivity index (χ3v) is 3.34. The molecule has 0 N–H and O–H groups in total. The van der Waals surface area contributed by atoms with Crippen molar-refractivity contribution in [1.82, 2.24) is 0 Å². The molecule has 1 rings (SSSR count). The van der Waals surface area contributed by atoms with Gasteiger partial charge in [-0.25, -0.2) is 0 Å². The van der Waals surface area contributed by atoms with Crippen molar-refractivity contribution in [3.05, 3.63) is 60.0 Å². The molecule has 1 atom stereocenters. The van der Waals surface area contributed by atoms with Crippen LogP contribution in [-0.4, -0.2) is 8.80 Å². The van der Waals surface area contributed by atoms with Crippen LogP contribution < -0.4 is 0 Å². The highest BCUT2D eigenvalue weighted by Gasteiger charge is 2.10. The lowest BCUT2D eigenvalue weighted by Gasteiger charge is -2.17. The summed E-state index contributed by atoms with van der Waals surface area (Å²) in [5, 5.41) is 0. The van der Waals surface area contributed by atoms with E-state index in [4.69, 9.17) is 4.74 Å². The quantitative estimate of drug-likeness (QED) is 0.414. The van der Waals surface area contributed by atoms with E-state index in [1.54, 1.807) is 0 Å². The van der Waals surface area contributed by atoms with Gasteiger partial charge in [0.15, 0.2) is 0 Å². The van der Waals surface area contributed by atoms with Crippen LogP contribution in [0.2, 0.25) is 13.1 Å². The van der Waals surface area contributed by atoms with E-state index >= 15 is 0 Å². The first-order valence-electron chi connectivity index (χ1n) is 6.11. The summed E-state index contributed by atoms with van der Waals surface area (Å²) in [6.07, 6.45) is 2.84. The van der Waals surface area contributed by atoms with Crippen LogP contribution in [0.3, 0.4) is 0 Å². The van der Waals surface area contributed by atoms with Gasteiger partial charge in [-0.1, -0.05) is 61.3 Å². The fraction of sp³-hybridized carbons (Fsp3) is 0.333. The lowest BCUT2D eigenvalue weighted by Crippen LogP contribution is -2.02. The van der Waals surface area contributed by atoms with Crippen LogP contribution in [-0.2, 0) is 4.74 Å². The summed E-state index contributed by atoms with van der Waals surface area (Å²) in [6.45, 7) is 10.6. The van der Waals surface area contributed by atoms with Crippen molar-refractivity contribution in [1.29, 1.82) is 0 Å². The second-order valence-electron chi connectivity index (χ2n) is 4.77. The van der Waals surface area contributed by atoms with E-state index in [-0.39, 0.29) is 6.10 Å². The third kappa shape index (κ3) is 5.55. The molecule has 0 radical (unpaired) electrons. The predicted molar refractivity (Wildman–Crippen MR) is 77.7 cm³/mol. The van der Waals surface area contributed by atoms with Gasteiger partial charge in [0.1, 0.15) is 6.10 Å². The summed E-state index contributed by atoms with van der Waals surface area (Å²) in [6, 6.07) is 10.3. The summed E-state index contributed by atoms with van der Waals surface area (Å²) >= 11 is 0. The first kappa shape index (κ1) is 13.8. The highest BCUT2D eigenvalue weighted by molar-refractivity contribution is 6.61. The molecule has 0 saturated carbocycles. The molecule has 0 bridgehead atoms. The molecule has 92 valence electrons. The van der Waals surface area contributed by atoms with Crippen LogP contribution in [0.1, 0.15) is 25.0 Å². The number of ether oxygens (including phenoxy) is 1. The highest BCUT2D eigenvalue weighted by atomic mass is 28.3. The minimum Gasteiger partial charge on any atom is -0.494 e. The molecule has 1 nitrogen and oxygen atoms in total. The standard InChI is InChI=1S/C15H22OSi/c1-13(2)12-15(16-10-11-17(3)4)14-8-6-5-7-9-14/h5-11,15,17H,1,12H2,2-4H3. The normalized spacial score (nSPS) is 12.9. The average Bonchev–Trinajstić information content (AvgIpc) is 2.28. The Kier molecular flexibility index (Phi) is 5.77. The molecule has 1 aromatic rings. The summed E-state index contributed by atoms with van der Waals surface area (Å²) in [5.74, 6) is 0. The van der Waals surface area contributed by atoms with Gasteiger partial charge in [-0.3, -0.25) is 0 Å². The van der Waals surface area contributed by atoms with E-state index in [1.807, 2.05) is 31.4 Å². The van der Waals surface area contributed by atoms with Gasteiger partial charge in [-0.15, -0.1) is 0 Å². The fourth-order valence-electron chi connectivity index (χ4n) is 1.53. The van der Waals surface area contributed by atoms with Gasteiger partial charge in [0.05, 0.1) is 15.1 Å². The Bertz CT molecular complexity index is 368. The molecule has 1 unspecified atom stereocenters. The molecule has 0 amide bonds. The molecule has 0 heterocycles. The molecule has 0 aliphatic rings. The first-order valence-corrected chi connectivity index (χ1v) is 9.08. The van der Waals surface area contributed by atoms with Gasteiger partial charge >= 0.3 is 0 Å². The van der Waals surface area contributed by atoms with Gasteiger partial charge in [-0.2, -0.15) is 0 Å². The molecule has 0 aliphatic heterocycles. The SMILES string of the molecule is C=C(C)CC(OC=C[SiH](C)C)c1ccccc1. The Morgan fingerprint density at radius 2 is 2.00 bits per heavy atom. The van der Waals surface area contributed by atoms with Crippen molar-refractivity contribution in [2.24, 2.45) is 0 Å². The zero-order chi connectivity index (χ0) is 12.7. The smallest absolute Gasteiger partial charge is 0.126 e. The van der Waals surface area contributed by atoms with Gasteiger partial charge in [0.25, 0.3) is 0 Å². The van der Waals surface area contributed by atoms with Crippen LogP contribution in [0.5, 0.6) is 0 Å². The molecule has 2 heteroatoms. The minimum absolute atomic E-state index is 0.0951. The summed E-state index contributed by atoms with van der Waals surface area (Å²) in [4.78, 5) is 0. The molecule has 0 saturated heterocycles. The molecular formula is C15H22OSi. The van der Waals surface area contributed by atoms with Crippen LogP contribution in [0, 0.1) is 0 Å². The van der Waals surface area contributed by atoms with Gasteiger partial charge in [-0.05, 0) is 12.5 Å². The summed E-state index contributed by atoms with van der Waals surface area (Å²) in [7, 11) is -0.687. The van der Waals surface area contributed by atoms with Crippen molar-refractivity contribution in [2.45, 2.75) is 32.5 Å². The Balaban J connectivity index is 2.71. The van der Waals surface area contributed by atoms with E-state index in [9.17, 15) is 0 Å². The maximum absolute atomic E-state index is 5.84. The van der Waals surface area contributed by atoms with E-state index in [0.717, 1.165) is 12.0 Å². The van der Waals surface area contributed by atoms with E-state index in [0.29, 0.717) is 0 Å². The zero-order valence-electron chi connectivity index (χ0n) is 11.0. The second kappa shape index (κ2) is 7.12. The molecule has 1 aromatic carbocycles. The molecule has 0 spiro atoms. The summed E-state index contributed by atoms with van der Waals surface area (Å²) in [5.41, 5.74) is 4.56. The lowest BCUT2D eigenvalue weighted by atomic mass is 10.0. The van der Waals surface area contributed by atoms with Crippen LogP contribution >= 0.6 is 0 Å². The first-order chi connectivity index (χ1) is 8.09. The van der Waals surface area contributed by atoms with E-state index in [1.165, 1.54) is 5.56 Å². The van der Waals surface area contributed by atoms with E-state index in [2.05, 4.69) is 37.5 Å². The Morgan fingerprint density at radius 1 is 1.35 bits per heavy atom. The van der Waals surface area contributed by atoms with Gasteiger partial charge in [0.2, 0.25) is 0 Å². The monoisotopic (exact) mass is 246 g/mol. The van der Waals surface area contributed by atoms with Crippen molar-refractivity contribution in [3.63, 3.8) is 0 Å². The van der Waals surface area contributed by atoms with Crippen molar-refractivity contribution in [3.8, 4) is 0 Å². The second-order valence-corrected chi connectivity index (χ2v) is 7.64. The molecule has 17 heavy (non-hydrogen) atoms. The topological polar surface area (TPSA) is 9.23 Å². The predicted octanol–water partition coefficient (Wildman–Crippen LogP) is 4.25. The third-order valence-electron chi connectivity index (χ3n) is 2.41. The van der Waals surface area contributed by atoms with Crippen LogP contribution in [0.15, 0.2) is 54.4 Å². The molecule has 0 aromatic heterocycles. The molecule has 0 fully saturated rings. The lowest BCUT2D eigenvalue weighted by molar-refractivity contribution is 0.146. The Morgan fingerprint density at radius 3 is 2.53 bits per heavy atom. The number of hydrogen-bond donors (Lipinski definition) is 0. The van der Waals surface area contributed by atoms with Crippen LogP contribution in [0.25, 0.3) is 0 Å². The highest BCUT2D eigenvalue weighted by Crippen LogP contribution is 2.24. The average molecular weight is 246 g/mol. The van der Waals surface area contributed by atoms with Crippen molar-refractivity contribution < 1.29 is 4.74 Å². The largest absolute Gasteiger partial charge is 0.494 e. The zero-order valence-corrected chi connectivity index (χ0v) is 12.2. The fourth-order valence-corrected chi connectivity index (χ4v) is 1.93. The van der Waals surface area contributed by atoms with Gasteiger partial charge in [0, 0.05) is 6.42 Å². The minimum atomic E-state index is -0.687.